The van der Waals surface area contributed by atoms with Crippen molar-refractivity contribution < 1.29 is 0 Å². The first-order chi connectivity index (χ1) is 8.29. The standard InChI is InChI=1S/C14H20N4/c1-9-6-7-11(15)10(8-9)12-16-13(14(2,3)4)17-18(12)5/h6-8H,15H2,1-5H3. The topological polar surface area (TPSA) is 56.7 Å². The van der Waals surface area contributed by atoms with Gasteiger partial charge in [0, 0.05) is 23.7 Å². The van der Waals surface area contributed by atoms with Crippen LogP contribution in [0.3, 0.4) is 0 Å². The van der Waals surface area contributed by atoms with E-state index in [0.717, 1.165) is 22.9 Å². The van der Waals surface area contributed by atoms with Crippen molar-refractivity contribution >= 4 is 5.69 Å². The number of hydrogen-bond donors (Lipinski definition) is 1. The summed E-state index contributed by atoms with van der Waals surface area (Å²) in [6.07, 6.45) is 0. The molecule has 0 radical (unpaired) electrons. The zero-order valence-electron chi connectivity index (χ0n) is 11.7. The van der Waals surface area contributed by atoms with Gasteiger partial charge in [-0.05, 0) is 19.1 Å². The van der Waals surface area contributed by atoms with Crippen LogP contribution >= 0.6 is 0 Å². The van der Waals surface area contributed by atoms with Crippen molar-refractivity contribution in [1.29, 1.82) is 0 Å². The van der Waals surface area contributed by atoms with E-state index >= 15 is 0 Å². The summed E-state index contributed by atoms with van der Waals surface area (Å²) >= 11 is 0. The molecule has 0 saturated heterocycles. The van der Waals surface area contributed by atoms with E-state index in [4.69, 9.17) is 5.73 Å². The van der Waals surface area contributed by atoms with Gasteiger partial charge in [-0.15, -0.1) is 0 Å². The van der Waals surface area contributed by atoms with E-state index in [9.17, 15) is 0 Å². The van der Waals surface area contributed by atoms with Crippen LogP contribution in [0.2, 0.25) is 0 Å². The fourth-order valence-electron chi connectivity index (χ4n) is 1.80. The van der Waals surface area contributed by atoms with Gasteiger partial charge >= 0.3 is 0 Å². The molecule has 4 heteroatoms. The lowest BCUT2D eigenvalue weighted by atomic mass is 9.96. The van der Waals surface area contributed by atoms with Crippen molar-refractivity contribution in [2.24, 2.45) is 7.05 Å². The van der Waals surface area contributed by atoms with Crippen LogP contribution < -0.4 is 5.73 Å². The van der Waals surface area contributed by atoms with Crippen LogP contribution in [0.1, 0.15) is 32.2 Å². The first-order valence-electron chi connectivity index (χ1n) is 6.07. The quantitative estimate of drug-likeness (QED) is 0.785. The number of rotatable bonds is 1. The lowest BCUT2D eigenvalue weighted by Crippen LogP contribution is -2.13. The van der Waals surface area contributed by atoms with Crippen molar-refractivity contribution in [1.82, 2.24) is 14.8 Å². The Hall–Kier alpha value is -1.84. The van der Waals surface area contributed by atoms with Crippen molar-refractivity contribution in [3.63, 3.8) is 0 Å². The summed E-state index contributed by atoms with van der Waals surface area (Å²) in [6.45, 7) is 8.35. The van der Waals surface area contributed by atoms with E-state index in [1.807, 2.05) is 32.2 Å². The third-order valence-corrected chi connectivity index (χ3v) is 2.88. The minimum absolute atomic E-state index is 0.0609. The van der Waals surface area contributed by atoms with Crippen molar-refractivity contribution in [2.45, 2.75) is 33.1 Å². The van der Waals surface area contributed by atoms with Gasteiger partial charge in [-0.25, -0.2) is 9.67 Å². The molecule has 0 aliphatic carbocycles. The van der Waals surface area contributed by atoms with Crippen LogP contribution in [0.25, 0.3) is 11.4 Å². The Morgan fingerprint density at radius 3 is 2.44 bits per heavy atom. The van der Waals surface area contributed by atoms with E-state index in [-0.39, 0.29) is 5.41 Å². The maximum Gasteiger partial charge on any atom is 0.160 e. The third-order valence-electron chi connectivity index (χ3n) is 2.88. The molecule has 0 aliphatic heterocycles. The molecular formula is C14H20N4. The molecule has 2 rings (SSSR count). The van der Waals surface area contributed by atoms with E-state index in [2.05, 4.69) is 30.9 Å². The molecular weight excluding hydrogens is 224 g/mol. The van der Waals surface area contributed by atoms with Crippen LogP contribution in [0.15, 0.2) is 18.2 Å². The summed E-state index contributed by atoms with van der Waals surface area (Å²) in [7, 11) is 1.90. The van der Waals surface area contributed by atoms with Gasteiger partial charge in [0.2, 0.25) is 0 Å². The Labute approximate surface area is 108 Å². The van der Waals surface area contributed by atoms with Gasteiger partial charge in [-0.1, -0.05) is 32.4 Å². The minimum atomic E-state index is -0.0609. The number of nitrogens with zero attached hydrogens (tertiary/aromatic N) is 3. The molecule has 1 aromatic heterocycles. The largest absolute Gasteiger partial charge is 0.398 e. The first kappa shape index (κ1) is 12.6. The molecule has 0 bridgehead atoms. The fraction of sp³-hybridized carbons (Fsp3) is 0.429. The summed E-state index contributed by atoms with van der Waals surface area (Å²) in [5.74, 6) is 1.65. The molecule has 0 spiro atoms. The van der Waals surface area contributed by atoms with Gasteiger partial charge in [0.25, 0.3) is 0 Å². The van der Waals surface area contributed by atoms with E-state index in [1.165, 1.54) is 5.56 Å². The van der Waals surface area contributed by atoms with Gasteiger partial charge in [0.15, 0.2) is 11.6 Å². The maximum atomic E-state index is 6.03. The Bertz CT molecular complexity index is 576. The maximum absolute atomic E-state index is 6.03. The SMILES string of the molecule is Cc1ccc(N)c(-c2nc(C(C)(C)C)nn2C)c1. The van der Waals surface area contributed by atoms with Crippen molar-refractivity contribution in [2.75, 3.05) is 5.73 Å². The molecule has 0 unspecified atom stereocenters. The number of aryl methyl sites for hydroxylation is 2. The Kier molecular flexibility index (Phi) is 2.89. The number of nitrogen functional groups attached to an aromatic ring is 1. The van der Waals surface area contributed by atoms with Gasteiger partial charge in [-0.3, -0.25) is 0 Å². The zero-order chi connectivity index (χ0) is 13.5. The second kappa shape index (κ2) is 4.12. The highest BCUT2D eigenvalue weighted by Gasteiger charge is 2.22. The monoisotopic (exact) mass is 244 g/mol. The lowest BCUT2D eigenvalue weighted by molar-refractivity contribution is 0.538. The predicted molar refractivity (Wildman–Crippen MR) is 74.3 cm³/mol. The molecule has 0 atom stereocenters. The third kappa shape index (κ3) is 2.23. The van der Waals surface area contributed by atoms with Gasteiger partial charge < -0.3 is 5.73 Å². The lowest BCUT2D eigenvalue weighted by Gasteiger charge is -2.12. The highest BCUT2D eigenvalue weighted by atomic mass is 15.3. The molecule has 2 aromatic rings. The predicted octanol–water partition coefficient (Wildman–Crippen LogP) is 2.67. The summed E-state index contributed by atoms with van der Waals surface area (Å²) in [5, 5.41) is 4.48. The molecule has 0 amide bonds. The molecule has 0 saturated carbocycles. The highest BCUT2D eigenvalue weighted by molar-refractivity contribution is 5.72. The fourth-order valence-corrected chi connectivity index (χ4v) is 1.80. The van der Waals surface area contributed by atoms with Gasteiger partial charge in [0.05, 0.1) is 0 Å². The number of benzene rings is 1. The smallest absolute Gasteiger partial charge is 0.160 e. The molecule has 18 heavy (non-hydrogen) atoms. The Balaban J connectivity index is 2.58. The molecule has 0 fully saturated rings. The first-order valence-corrected chi connectivity index (χ1v) is 6.07. The average molecular weight is 244 g/mol. The number of nitrogens with two attached hydrogens (primary N) is 1. The van der Waals surface area contributed by atoms with Gasteiger partial charge in [-0.2, -0.15) is 5.10 Å². The Morgan fingerprint density at radius 1 is 1.22 bits per heavy atom. The van der Waals surface area contributed by atoms with E-state index < -0.39 is 0 Å². The van der Waals surface area contributed by atoms with E-state index in [1.54, 1.807) is 4.68 Å². The molecule has 1 aromatic carbocycles. The van der Waals surface area contributed by atoms with Crippen molar-refractivity contribution in [3.05, 3.63) is 29.6 Å². The zero-order valence-corrected chi connectivity index (χ0v) is 11.7. The van der Waals surface area contributed by atoms with Crippen LogP contribution in [0.4, 0.5) is 5.69 Å². The van der Waals surface area contributed by atoms with Crippen molar-refractivity contribution in [3.8, 4) is 11.4 Å². The second-order valence-electron chi connectivity index (χ2n) is 5.72. The second-order valence-corrected chi connectivity index (χ2v) is 5.72. The van der Waals surface area contributed by atoms with Crippen LogP contribution in [0.5, 0.6) is 0 Å². The van der Waals surface area contributed by atoms with Crippen LogP contribution in [-0.2, 0) is 12.5 Å². The molecule has 96 valence electrons. The molecule has 2 N–H and O–H groups in total. The van der Waals surface area contributed by atoms with Gasteiger partial charge in [0.1, 0.15) is 0 Å². The molecule has 1 heterocycles. The summed E-state index contributed by atoms with van der Waals surface area (Å²) in [6, 6.07) is 5.96. The summed E-state index contributed by atoms with van der Waals surface area (Å²) in [4.78, 5) is 4.63. The summed E-state index contributed by atoms with van der Waals surface area (Å²) < 4.78 is 1.80. The highest BCUT2D eigenvalue weighted by Crippen LogP contribution is 2.27. The van der Waals surface area contributed by atoms with Crippen LogP contribution in [-0.4, -0.2) is 14.8 Å². The number of anilines is 1. The summed E-state index contributed by atoms with van der Waals surface area (Å²) in [5.41, 5.74) is 8.81. The number of hydrogen-bond acceptors (Lipinski definition) is 3. The van der Waals surface area contributed by atoms with Crippen LogP contribution in [0, 0.1) is 6.92 Å². The normalized spacial score (nSPS) is 11.8. The van der Waals surface area contributed by atoms with E-state index in [0.29, 0.717) is 0 Å². The molecule has 4 nitrogen and oxygen atoms in total. The average Bonchev–Trinajstić information content (AvgIpc) is 2.64. The minimum Gasteiger partial charge on any atom is -0.398 e. The Morgan fingerprint density at radius 2 is 1.89 bits per heavy atom. The molecule has 0 aliphatic rings. The number of aromatic nitrogens is 3.